The molecular formula is C10H14Br4O. The molecule has 0 unspecified atom stereocenters. The Kier molecular flexibility index (Phi) is 3.27. The highest BCUT2D eigenvalue weighted by molar-refractivity contribution is 9.24. The van der Waals surface area contributed by atoms with E-state index < -0.39 is 0 Å². The Balaban J connectivity index is 2.56. The molecule has 4 atom stereocenters. The molecule has 0 radical (unpaired) electrons. The smallest absolute Gasteiger partial charge is 0.0771 e. The first-order valence-electron chi connectivity index (χ1n) is 5.00. The fourth-order valence-corrected chi connectivity index (χ4v) is 8.98. The van der Waals surface area contributed by atoms with E-state index in [0.717, 1.165) is 12.8 Å². The minimum atomic E-state index is -0.319. The number of halogens is 4. The molecule has 5 heteroatoms. The quantitative estimate of drug-likeness (QED) is 0.571. The summed E-state index contributed by atoms with van der Waals surface area (Å²) in [5.41, 5.74) is -0.0590. The molecule has 2 saturated carbocycles. The normalized spacial score (nSPS) is 52.8. The van der Waals surface area contributed by atoms with Gasteiger partial charge in [0.05, 0.1) is 14.2 Å². The Morgan fingerprint density at radius 3 is 2.07 bits per heavy atom. The van der Waals surface area contributed by atoms with Gasteiger partial charge in [-0.25, -0.2) is 0 Å². The number of hydrogen-bond acceptors (Lipinski definition) is 1. The predicted octanol–water partition coefficient (Wildman–Crippen LogP) is 4.18. The number of rotatable bonds is 1. The van der Waals surface area contributed by atoms with Crippen LogP contribution >= 0.6 is 63.7 Å². The second kappa shape index (κ2) is 3.69. The van der Waals surface area contributed by atoms with Gasteiger partial charge in [0.1, 0.15) is 0 Å². The SMILES string of the molecule is CC1(C)[C@H](O)[C@]2(Br)CC[C@]1(C(Br)Br)[C@@H]2Br. The molecule has 0 aromatic rings. The molecular weight excluding hydrogens is 456 g/mol. The molecule has 0 aromatic carbocycles. The minimum absolute atomic E-state index is 0.0515. The van der Waals surface area contributed by atoms with Gasteiger partial charge in [0, 0.05) is 15.7 Å². The van der Waals surface area contributed by atoms with Crippen LogP contribution < -0.4 is 0 Å². The summed E-state index contributed by atoms with van der Waals surface area (Å²) < 4.78 is 0.0458. The van der Waals surface area contributed by atoms with Gasteiger partial charge in [0.15, 0.2) is 0 Å². The summed E-state index contributed by atoms with van der Waals surface area (Å²) >= 11 is 14.9. The molecule has 2 aliphatic carbocycles. The van der Waals surface area contributed by atoms with Crippen LogP contribution in [-0.2, 0) is 0 Å². The first-order valence-corrected chi connectivity index (χ1v) is 8.54. The zero-order chi connectivity index (χ0) is 11.6. The van der Waals surface area contributed by atoms with E-state index in [1.54, 1.807) is 0 Å². The van der Waals surface area contributed by atoms with Crippen LogP contribution in [0.2, 0.25) is 0 Å². The summed E-state index contributed by atoms with van der Waals surface area (Å²) in [5, 5.41) is 10.5. The Labute approximate surface area is 124 Å². The fourth-order valence-electron chi connectivity index (χ4n) is 3.36. The highest BCUT2D eigenvalue weighted by atomic mass is 79.9. The maximum absolute atomic E-state index is 10.5. The number of aliphatic hydroxyl groups is 1. The molecule has 0 saturated heterocycles. The summed E-state index contributed by atoms with van der Waals surface area (Å²) in [7, 11) is 0. The molecule has 0 heterocycles. The van der Waals surface area contributed by atoms with Gasteiger partial charge in [-0.1, -0.05) is 77.6 Å². The third-order valence-corrected chi connectivity index (χ3v) is 9.69. The van der Waals surface area contributed by atoms with Crippen molar-refractivity contribution in [1.29, 1.82) is 0 Å². The van der Waals surface area contributed by atoms with Crippen molar-refractivity contribution in [1.82, 2.24) is 0 Å². The summed E-state index contributed by atoms with van der Waals surface area (Å²) in [5.74, 6) is 0. The minimum Gasteiger partial charge on any atom is -0.391 e. The summed E-state index contributed by atoms with van der Waals surface area (Å²) in [6.45, 7) is 4.31. The lowest BCUT2D eigenvalue weighted by Gasteiger charge is -2.46. The fraction of sp³-hybridized carbons (Fsp3) is 1.00. The third kappa shape index (κ3) is 1.33. The standard InChI is InChI=1S/C10H14Br4O/c1-8(2)6(15)10(14)4-3-9(8,5(10)11)7(12)13/h5-7,15H,3-4H2,1-2H3/t5-,6-,9+,10-/m0/s1. The van der Waals surface area contributed by atoms with Crippen molar-refractivity contribution in [3.8, 4) is 0 Å². The van der Waals surface area contributed by atoms with Crippen molar-refractivity contribution in [3.05, 3.63) is 0 Å². The number of alkyl halides is 4. The second-order valence-electron chi connectivity index (χ2n) is 5.25. The van der Waals surface area contributed by atoms with Gasteiger partial charge >= 0.3 is 0 Å². The summed E-state index contributed by atoms with van der Waals surface area (Å²) in [4.78, 5) is 0.284. The zero-order valence-electron chi connectivity index (χ0n) is 8.61. The van der Waals surface area contributed by atoms with E-state index in [2.05, 4.69) is 77.6 Å². The summed E-state index contributed by atoms with van der Waals surface area (Å²) in [6, 6.07) is 0. The van der Waals surface area contributed by atoms with Crippen LogP contribution in [0.15, 0.2) is 0 Å². The second-order valence-corrected chi connectivity index (χ2v) is 10.7. The van der Waals surface area contributed by atoms with Crippen molar-refractivity contribution >= 4 is 63.7 Å². The molecule has 1 nitrogen and oxygen atoms in total. The largest absolute Gasteiger partial charge is 0.391 e. The average Bonchev–Trinajstić information content (AvgIpc) is 2.45. The monoisotopic (exact) mass is 466 g/mol. The molecule has 2 fully saturated rings. The van der Waals surface area contributed by atoms with Crippen LogP contribution in [0.25, 0.3) is 0 Å². The molecule has 0 spiro atoms. The lowest BCUT2D eigenvalue weighted by Crippen LogP contribution is -2.48. The van der Waals surface area contributed by atoms with Crippen molar-refractivity contribution in [2.24, 2.45) is 10.8 Å². The van der Waals surface area contributed by atoms with E-state index in [-0.39, 0.29) is 29.8 Å². The Morgan fingerprint density at radius 1 is 1.27 bits per heavy atom. The summed E-state index contributed by atoms with van der Waals surface area (Å²) in [6.07, 6.45) is 1.81. The lowest BCUT2D eigenvalue weighted by molar-refractivity contribution is -0.0213. The van der Waals surface area contributed by atoms with Crippen LogP contribution in [0.5, 0.6) is 0 Å². The average molecular weight is 470 g/mol. The van der Waals surface area contributed by atoms with E-state index in [0.29, 0.717) is 0 Å². The van der Waals surface area contributed by atoms with Crippen LogP contribution in [0.3, 0.4) is 0 Å². The van der Waals surface area contributed by atoms with Gasteiger partial charge in [-0.15, -0.1) is 0 Å². The van der Waals surface area contributed by atoms with Gasteiger partial charge in [0.2, 0.25) is 0 Å². The highest BCUT2D eigenvalue weighted by Crippen LogP contribution is 2.73. The van der Waals surface area contributed by atoms with E-state index in [1.165, 1.54) is 0 Å². The van der Waals surface area contributed by atoms with Crippen molar-refractivity contribution in [2.75, 3.05) is 0 Å². The highest BCUT2D eigenvalue weighted by Gasteiger charge is 2.75. The maximum atomic E-state index is 10.5. The zero-order valence-corrected chi connectivity index (χ0v) is 14.9. The maximum Gasteiger partial charge on any atom is 0.0771 e. The van der Waals surface area contributed by atoms with E-state index in [9.17, 15) is 5.11 Å². The Hall–Kier alpha value is 1.88. The molecule has 0 amide bonds. The third-order valence-electron chi connectivity index (χ3n) is 4.52. The van der Waals surface area contributed by atoms with E-state index in [4.69, 9.17) is 0 Å². The first kappa shape index (κ1) is 13.3. The van der Waals surface area contributed by atoms with Gasteiger partial charge in [0.25, 0.3) is 0 Å². The molecule has 15 heavy (non-hydrogen) atoms. The van der Waals surface area contributed by atoms with Crippen molar-refractivity contribution in [3.63, 3.8) is 0 Å². The van der Waals surface area contributed by atoms with Crippen molar-refractivity contribution in [2.45, 2.75) is 45.7 Å². The molecule has 2 bridgehead atoms. The van der Waals surface area contributed by atoms with Gasteiger partial charge in [-0.05, 0) is 12.8 Å². The number of aliphatic hydroxyl groups excluding tert-OH is 1. The molecule has 1 N–H and O–H groups in total. The van der Waals surface area contributed by atoms with Crippen molar-refractivity contribution < 1.29 is 5.11 Å². The van der Waals surface area contributed by atoms with Gasteiger partial charge in [-0.2, -0.15) is 0 Å². The van der Waals surface area contributed by atoms with Crippen LogP contribution in [0.4, 0.5) is 0 Å². The first-order chi connectivity index (χ1) is 6.71. The predicted molar refractivity (Wildman–Crippen MR) is 77.5 cm³/mol. The Bertz CT molecular complexity index is 293. The van der Waals surface area contributed by atoms with E-state index in [1.807, 2.05) is 0 Å². The molecule has 88 valence electrons. The molecule has 2 aliphatic rings. The Morgan fingerprint density at radius 2 is 1.80 bits per heavy atom. The van der Waals surface area contributed by atoms with Gasteiger partial charge < -0.3 is 5.11 Å². The molecule has 0 aromatic heterocycles. The lowest BCUT2D eigenvalue weighted by atomic mass is 9.65. The molecule has 0 aliphatic heterocycles. The van der Waals surface area contributed by atoms with Crippen LogP contribution in [0, 0.1) is 10.8 Å². The molecule has 2 rings (SSSR count). The van der Waals surface area contributed by atoms with Gasteiger partial charge in [-0.3, -0.25) is 0 Å². The van der Waals surface area contributed by atoms with Crippen LogP contribution in [-0.4, -0.2) is 24.1 Å². The number of hydrogen-bond donors (Lipinski definition) is 1. The van der Waals surface area contributed by atoms with E-state index >= 15 is 0 Å². The van der Waals surface area contributed by atoms with Crippen LogP contribution in [0.1, 0.15) is 26.7 Å². The topological polar surface area (TPSA) is 20.2 Å². The number of fused-ring (bicyclic) bond motifs is 2.